The molecule has 2 heterocycles. The minimum Gasteiger partial charge on any atom is -0.384 e. The quantitative estimate of drug-likeness (QED) is 0.861. The standard InChI is InChI=1S/C18H25NO3/c1-14-6-3-4-7-15(14)17(20)19-10-8-16-18(12-19,13-21-2)9-5-11-22-16/h3-4,6-7,16H,5,8-13H2,1-2H3/t16-,18-/m0/s1. The Labute approximate surface area is 132 Å². The fourth-order valence-electron chi connectivity index (χ4n) is 3.95. The van der Waals surface area contributed by atoms with Crippen LogP contribution in [0.4, 0.5) is 0 Å². The molecule has 0 bridgehead atoms. The first-order chi connectivity index (χ1) is 10.7. The number of hydrogen-bond acceptors (Lipinski definition) is 3. The molecule has 4 nitrogen and oxygen atoms in total. The average Bonchev–Trinajstić information content (AvgIpc) is 2.54. The molecule has 1 aromatic carbocycles. The summed E-state index contributed by atoms with van der Waals surface area (Å²) in [5.41, 5.74) is 1.81. The highest BCUT2D eigenvalue weighted by Crippen LogP contribution is 2.40. The van der Waals surface area contributed by atoms with E-state index in [4.69, 9.17) is 9.47 Å². The summed E-state index contributed by atoms with van der Waals surface area (Å²) in [4.78, 5) is 14.9. The van der Waals surface area contributed by atoms with Gasteiger partial charge >= 0.3 is 0 Å². The zero-order chi connectivity index (χ0) is 15.6. The molecule has 0 aliphatic carbocycles. The lowest BCUT2D eigenvalue weighted by molar-refractivity contribution is -0.142. The Morgan fingerprint density at radius 2 is 2.27 bits per heavy atom. The van der Waals surface area contributed by atoms with Gasteiger partial charge in [-0.3, -0.25) is 4.79 Å². The van der Waals surface area contributed by atoms with Crippen molar-refractivity contribution in [2.45, 2.75) is 32.3 Å². The summed E-state index contributed by atoms with van der Waals surface area (Å²) < 4.78 is 11.5. The number of piperidine rings is 1. The van der Waals surface area contributed by atoms with E-state index in [0.717, 1.165) is 50.1 Å². The molecular formula is C18H25NO3. The van der Waals surface area contributed by atoms with Crippen molar-refractivity contribution in [2.75, 3.05) is 33.4 Å². The van der Waals surface area contributed by atoms with E-state index >= 15 is 0 Å². The summed E-state index contributed by atoms with van der Waals surface area (Å²) in [7, 11) is 1.74. The van der Waals surface area contributed by atoms with E-state index in [1.54, 1.807) is 7.11 Å². The van der Waals surface area contributed by atoms with Crippen LogP contribution in [0, 0.1) is 12.3 Å². The van der Waals surface area contributed by atoms with Crippen LogP contribution < -0.4 is 0 Å². The fraction of sp³-hybridized carbons (Fsp3) is 0.611. The number of carbonyl (C=O) groups is 1. The molecule has 1 amide bonds. The number of nitrogens with zero attached hydrogens (tertiary/aromatic N) is 1. The lowest BCUT2D eigenvalue weighted by Gasteiger charge is -2.50. The van der Waals surface area contributed by atoms with Crippen molar-refractivity contribution in [1.82, 2.24) is 4.90 Å². The average molecular weight is 303 g/mol. The molecule has 120 valence electrons. The van der Waals surface area contributed by atoms with E-state index < -0.39 is 0 Å². The summed E-state index contributed by atoms with van der Waals surface area (Å²) in [5, 5.41) is 0. The highest BCUT2D eigenvalue weighted by molar-refractivity contribution is 5.95. The molecule has 0 N–H and O–H groups in total. The monoisotopic (exact) mass is 303 g/mol. The largest absolute Gasteiger partial charge is 0.384 e. The molecule has 0 saturated carbocycles. The molecule has 0 radical (unpaired) electrons. The third kappa shape index (κ3) is 2.77. The van der Waals surface area contributed by atoms with Crippen LogP contribution in [0.2, 0.25) is 0 Å². The van der Waals surface area contributed by atoms with Crippen molar-refractivity contribution in [3.8, 4) is 0 Å². The number of benzene rings is 1. The van der Waals surface area contributed by atoms with E-state index in [0.29, 0.717) is 6.61 Å². The Morgan fingerprint density at radius 1 is 1.45 bits per heavy atom. The van der Waals surface area contributed by atoms with Gasteiger partial charge in [0, 0.05) is 37.8 Å². The van der Waals surface area contributed by atoms with Gasteiger partial charge in [0.25, 0.3) is 5.91 Å². The predicted molar refractivity (Wildman–Crippen MR) is 85.0 cm³/mol. The SMILES string of the molecule is COC[C@@]12CCCO[C@H]1CCN(C(=O)c1ccccc1C)C2. The Morgan fingerprint density at radius 3 is 3.05 bits per heavy atom. The second kappa shape index (κ2) is 6.39. The van der Waals surface area contributed by atoms with Gasteiger partial charge in [0.15, 0.2) is 0 Å². The van der Waals surface area contributed by atoms with E-state index in [-0.39, 0.29) is 17.4 Å². The van der Waals surface area contributed by atoms with Gasteiger partial charge in [-0.25, -0.2) is 0 Å². The number of hydrogen-bond donors (Lipinski definition) is 0. The Kier molecular flexibility index (Phi) is 4.50. The normalized spacial score (nSPS) is 28.3. The van der Waals surface area contributed by atoms with E-state index in [2.05, 4.69) is 0 Å². The van der Waals surface area contributed by atoms with Crippen molar-refractivity contribution in [3.05, 3.63) is 35.4 Å². The molecule has 0 aromatic heterocycles. The molecular weight excluding hydrogens is 278 g/mol. The second-order valence-electron chi connectivity index (χ2n) is 6.59. The highest BCUT2D eigenvalue weighted by atomic mass is 16.5. The van der Waals surface area contributed by atoms with Gasteiger partial charge in [0.2, 0.25) is 0 Å². The van der Waals surface area contributed by atoms with Gasteiger partial charge in [0.05, 0.1) is 12.7 Å². The van der Waals surface area contributed by atoms with Crippen molar-refractivity contribution in [3.63, 3.8) is 0 Å². The van der Waals surface area contributed by atoms with Crippen LogP contribution in [0.3, 0.4) is 0 Å². The van der Waals surface area contributed by atoms with Gasteiger partial charge in [-0.15, -0.1) is 0 Å². The smallest absolute Gasteiger partial charge is 0.254 e. The third-order valence-electron chi connectivity index (χ3n) is 5.08. The second-order valence-corrected chi connectivity index (χ2v) is 6.59. The Bertz CT molecular complexity index is 541. The maximum Gasteiger partial charge on any atom is 0.254 e. The maximum atomic E-state index is 12.9. The molecule has 2 aliphatic rings. The van der Waals surface area contributed by atoms with Gasteiger partial charge in [0.1, 0.15) is 0 Å². The minimum absolute atomic E-state index is 0.0381. The highest BCUT2D eigenvalue weighted by Gasteiger charge is 2.47. The first-order valence-electron chi connectivity index (χ1n) is 8.12. The molecule has 0 spiro atoms. The molecule has 2 atom stereocenters. The summed E-state index contributed by atoms with van der Waals surface area (Å²) in [6.07, 6.45) is 3.25. The van der Waals surface area contributed by atoms with Crippen molar-refractivity contribution < 1.29 is 14.3 Å². The van der Waals surface area contributed by atoms with Crippen molar-refractivity contribution in [1.29, 1.82) is 0 Å². The van der Waals surface area contributed by atoms with Gasteiger partial charge in [-0.2, -0.15) is 0 Å². The minimum atomic E-state index is -0.0381. The summed E-state index contributed by atoms with van der Waals surface area (Å²) in [6, 6.07) is 7.82. The van der Waals surface area contributed by atoms with Crippen molar-refractivity contribution in [2.24, 2.45) is 5.41 Å². The van der Waals surface area contributed by atoms with Gasteiger partial charge in [-0.1, -0.05) is 18.2 Å². The first kappa shape index (κ1) is 15.5. The van der Waals surface area contributed by atoms with E-state index in [9.17, 15) is 4.79 Å². The lowest BCUT2D eigenvalue weighted by Crippen LogP contribution is -2.58. The molecule has 2 aliphatic heterocycles. The molecule has 3 rings (SSSR count). The molecule has 2 saturated heterocycles. The number of carbonyl (C=O) groups excluding carboxylic acids is 1. The van der Waals surface area contributed by atoms with Crippen LogP contribution >= 0.6 is 0 Å². The number of methoxy groups -OCH3 is 1. The summed E-state index contributed by atoms with van der Waals surface area (Å²) in [5.74, 6) is 0.137. The topological polar surface area (TPSA) is 38.8 Å². The first-order valence-corrected chi connectivity index (χ1v) is 8.12. The number of ether oxygens (including phenoxy) is 2. The predicted octanol–water partition coefficient (Wildman–Crippen LogP) is 2.65. The lowest BCUT2D eigenvalue weighted by atomic mass is 9.73. The number of likely N-dealkylation sites (tertiary alicyclic amines) is 1. The zero-order valence-electron chi connectivity index (χ0n) is 13.5. The molecule has 22 heavy (non-hydrogen) atoms. The van der Waals surface area contributed by atoms with Crippen LogP contribution in [-0.2, 0) is 9.47 Å². The number of amides is 1. The fourth-order valence-corrected chi connectivity index (χ4v) is 3.95. The van der Waals surface area contributed by atoms with Gasteiger partial charge < -0.3 is 14.4 Å². The van der Waals surface area contributed by atoms with Crippen LogP contribution in [0.25, 0.3) is 0 Å². The summed E-state index contributed by atoms with van der Waals surface area (Å²) >= 11 is 0. The Balaban J connectivity index is 1.81. The summed E-state index contributed by atoms with van der Waals surface area (Å²) in [6.45, 7) is 4.99. The third-order valence-corrected chi connectivity index (χ3v) is 5.08. The molecule has 4 heteroatoms. The number of aryl methyl sites for hydroxylation is 1. The number of rotatable bonds is 3. The molecule has 0 unspecified atom stereocenters. The van der Waals surface area contributed by atoms with Crippen molar-refractivity contribution >= 4 is 5.91 Å². The van der Waals surface area contributed by atoms with Crippen LogP contribution in [0.5, 0.6) is 0 Å². The number of fused-ring (bicyclic) bond motifs is 1. The van der Waals surface area contributed by atoms with Crippen LogP contribution in [0.1, 0.15) is 35.2 Å². The van der Waals surface area contributed by atoms with Crippen LogP contribution in [0.15, 0.2) is 24.3 Å². The Hall–Kier alpha value is -1.39. The van der Waals surface area contributed by atoms with Crippen LogP contribution in [-0.4, -0.2) is 50.3 Å². The zero-order valence-corrected chi connectivity index (χ0v) is 13.5. The maximum absolute atomic E-state index is 12.9. The molecule has 1 aromatic rings. The van der Waals surface area contributed by atoms with E-state index in [1.165, 1.54) is 0 Å². The van der Waals surface area contributed by atoms with E-state index in [1.807, 2.05) is 36.1 Å². The molecule has 2 fully saturated rings. The van der Waals surface area contributed by atoms with Gasteiger partial charge in [-0.05, 0) is 37.8 Å².